The van der Waals surface area contributed by atoms with Gasteiger partial charge in [0.25, 0.3) is 0 Å². The summed E-state index contributed by atoms with van der Waals surface area (Å²) in [7, 11) is 0. The predicted molar refractivity (Wildman–Crippen MR) is 92.4 cm³/mol. The number of hydrogen-bond donors (Lipinski definition) is 0. The maximum absolute atomic E-state index is 12.3. The molecule has 0 amide bonds. The van der Waals surface area contributed by atoms with E-state index in [1.807, 2.05) is 0 Å². The molecule has 1 aromatic carbocycles. The molecule has 0 aliphatic rings. The van der Waals surface area contributed by atoms with Crippen LogP contribution < -0.4 is 0 Å². The maximum Gasteiger partial charge on any atom is 0.339 e. The molecule has 0 saturated heterocycles. The van der Waals surface area contributed by atoms with Gasteiger partial charge in [0, 0.05) is 17.7 Å². The van der Waals surface area contributed by atoms with Crippen LogP contribution in [0.2, 0.25) is 0 Å². The second-order valence-corrected chi connectivity index (χ2v) is 4.71. The summed E-state index contributed by atoms with van der Waals surface area (Å²) in [6.45, 7) is 5.45. The van der Waals surface area contributed by atoms with Crippen molar-refractivity contribution in [1.82, 2.24) is 0 Å². The molecule has 1 aromatic rings. The molecule has 0 N–H and O–H groups in total. The molecule has 0 saturated carbocycles. The topological polar surface area (TPSA) is 78.9 Å². The lowest BCUT2D eigenvalue weighted by atomic mass is 9.97. The number of carbonyl (C=O) groups excluding carboxylic acids is 3. The van der Waals surface area contributed by atoms with Crippen molar-refractivity contribution in [3.05, 3.63) is 53.6 Å². The zero-order chi connectivity index (χ0) is 18.7. The summed E-state index contributed by atoms with van der Waals surface area (Å²) in [5, 5.41) is 0. The van der Waals surface area contributed by atoms with E-state index in [0.717, 1.165) is 6.08 Å². The summed E-state index contributed by atoms with van der Waals surface area (Å²) in [6, 6.07) is 8.72. The monoisotopic (exact) mass is 346 g/mol. The molecule has 6 heteroatoms. The van der Waals surface area contributed by atoms with Crippen molar-refractivity contribution in [1.29, 1.82) is 0 Å². The van der Waals surface area contributed by atoms with Crippen molar-refractivity contribution < 1.29 is 28.6 Å². The van der Waals surface area contributed by atoms with Crippen molar-refractivity contribution in [3.63, 3.8) is 0 Å². The Morgan fingerprint density at radius 1 is 0.800 bits per heavy atom. The van der Waals surface area contributed by atoms with Gasteiger partial charge in [-0.15, -0.1) is 0 Å². The Balaban J connectivity index is 3.44. The summed E-state index contributed by atoms with van der Waals surface area (Å²) < 4.78 is 14.8. The Morgan fingerprint density at radius 3 is 1.84 bits per heavy atom. The van der Waals surface area contributed by atoms with Gasteiger partial charge in [0.15, 0.2) is 0 Å². The van der Waals surface area contributed by atoms with Crippen LogP contribution in [0.1, 0.15) is 26.3 Å². The third-order valence-corrected chi connectivity index (χ3v) is 2.97. The average molecular weight is 346 g/mol. The molecule has 134 valence electrons. The highest BCUT2D eigenvalue weighted by molar-refractivity contribution is 6.13. The Kier molecular flexibility index (Phi) is 8.71. The minimum Gasteiger partial charge on any atom is -0.463 e. The van der Waals surface area contributed by atoms with Crippen LogP contribution >= 0.6 is 0 Å². The molecule has 0 aliphatic carbocycles. The molecule has 0 spiro atoms. The summed E-state index contributed by atoms with van der Waals surface area (Å²) in [5.41, 5.74) is 0.726. The lowest BCUT2D eigenvalue weighted by molar-refractivity contribution is -0.140. The minimum atomic E-state index is -0.727. The fourth-order valence-corrected chi connectivity index (χ4v) is 1.99. The Morgan fingerprint density at radius 2 is 1.32 bits per heavy atom. The molecular formula is C19H22O6. The predicted octanol–water partition coefficient (Wildman–Crippen LogP) is 2.69. The molecule has 1 rings (SSSR count). The van der Waals surface area contributed by atoms with Gasteiger partial charge in [-0.2, -0.15) is 0 Å². The van der Waals surface area contributed by atoms with Crippen molar-refractivity contribution >= 4 is 23.5 Å². The number of ether oxygens (including phenoxy) is 3. The maximum atomic E-state index is 12.3. The highest BCUT2D eigenvalue weighted by atomic mass is 16.5. The third-order valence-electron chi connectivity index (χ3n) is 2.97. The first kappa shape index (κ1) is 20.2. The van der Waals surface area contributed by atoms with E-state index in [2.05, 4.69) is 0 Å². The second kappa shape index (κ2) is 10.8. The van der Waals surface area contributed by atoms with Gasteiger partial charge in [0.2, 0.25) is 0 Å². The van der Waals surface area contributed by atoms with Gasteiger partial charge in [-0.3, -0.25) is 0 Å². The van der Waals surface area contributed by atoms with Crippen LogP contribution in [0, 0.1) is 0 Å². The molecule has 25 heavy (non-hydrogen) atoms. The molecule has 0 atom stereocenters. The zero-order valence-corrected chi connectivity index (χ0v) is 14.6. The third kappa shape index (κ3) is 6.63. The number of benzene rings is 1. The quantitative estimate of drug-likeness (QED) is 0.312. The minimum absolute atomic E-state index is 0.0699. The van der Waals surface area contributed by atoms with E-state index in [4.69, 9.17) is 14.2 Å². The van der Waals surface area contributed by atoms with Crippen LogP contribution in [-0.2, 0) is 28.6 Å². The fraction of sp³-hybridized carbons (Fsp3) is 0.316. The Bertz CT molecular complexity index is 658. The van der Waals surface area contributed by atoms with Crippen LogP contribution in [-0.4, -0.2) is 37.7 Å². The molecule has 0 aliphatic heterocycles. The summed E-state index contributed by atoms with van der Waals surface area (Å²) in [5.74, 6) is -2.05. The normalized spacial score (nSPS) is 11.6. The number of rotatable bonds is 8. The second-order valence-electron chi connectivity index (χ2n) is 4.71. The van der Waals surface area contributed by atoms with Gasteiger partial charge < -0.3 is 14.2 Å². The van der Waals surface area contributed by atoms with E-state index in [-0.39, 0.29) is 31.0 Å². The first-order valence-corrected chi connectivity index (χ1v) is 8.03. The first-order valence-electron chi connectivity index (χ1n) is 8.03. The van der Waals surface area contributed by atoms with E-state index in [0.29, 0.717) is 5.56 Å². The SMILES string of the molecule is CCOC(=O)/C=C(C(=O)OCC)/C(=C/C(=O)OCC)c1ccccc1. The van der Waals surface area contributed by atoms with Crippen LogP contribution in [0.4, 0.5) is 0 Å². The van der Waals surface area contributed by atoms with Crippen LogP contribution in [0.3, 0.4) is 0 Å². The van der Waals surface area contributed by atoms with Gasteiger partial charge in [0.1, 0.15) is 0 Å². The highest BCUT2D eigenvalue weighted by Gasteiger charge is 2.21. The summed E-state index contributed by atoms with van der Waals surface area (Å²) in [4.78, 5) is 36.1. The molecule has 0 aromatic heterocycles. The van der Waals surface area contributed by atoms with E-state index in [9.17, 15) is 14.4 Å². The van der Waals surface area contributed by atoms with E-state index in [1.54, 1.807) is 51.1 Å². The Labute approximate surface area is 147 Å². The lowest BCUT2D eigenvalue weighted by Gasteiger charge is -2.12. The van der Waals surface area contributed by atoms with Crippen molar-refractivity contribution in [2.75, 3.05) is 19.8 Å². The first-order chi connectivity index (χ1) is 12.0. The smallest absolute Gasteiger partial charge is 0.339 e. The van der Waals surface area contributed by atoms with Crippen molar-refractivity contribution in [3.8, 4) is 0 Å². The molecule has 0 fully saturated rings. The lowest BCUT2D eigenvalue weighted by Crippen LogP contribution is -2.14. The van der Waals surface area contributed by atoms with Gasteiger partial charge in [-0.05, 0) is 26.3 Å². The van der Waals surface area contributed by atoms with Crippen LogP contribution in [0.15, 0.2) is 48.1 Å². The van der Waals surface area contributed by atoms with Gasteiger partial charge in [-0.1, -0.05) is 30.3 Å². The van der Waals surface area contributed by atoms with Crippen molar-refractivity contribution in [2.45, 2.75) is 20.8 Å². The molecule has 0 bridgehead atoms. The van der Waals surface area contributed by atoms with E-state index in [1.165, 1.54) is 6.08 Å². The van der Waals surface area contributed by atoms with E-state index < -0.39 is 17.9 Å². The number of esters is 3. The molecule has 0 unspecified atom stereocenters. The summed E-state index contributed by atoms with van der Waals surface area (Å²) >= 11 is 0. The molecule has 0 heterocycles. The average Bonchev–Trinajstić information content (AvgIpc) is 2.59. The van der Waals surface area contributed by atoms with Gasteiger partial charge in [-0.25, -0.2) is 14.4 Å². The van der Waals surface area contributed by atoms with Gasteiger partial charge in [0.05, 0.1) is 25.4 Å². The molecule has 6 nitrogen and oxygen atoms in total. The van der Waals surface area contributed by atoms with E-state index >= 15 is 0 Å². The number of carbonyl (C=O) groups is 3. The molecular weight excluding hydrogens is 324 g/mol. The summed E-state index contributed by atoms with van der Waals surface area (Å²) in [6.07, 6.45) is 2.19. The van der Waals surface area contributed by atoms with Crippen molar-refractivity contribution in [2.24, 2.45) is 0 Å². The highest BCUT2D eigenvalue weighted by Crippen LogP contribution is 2.25. The fourth-order valence-electron chi connectivity index (χ4n) is 1.99. The van der Waals surface area contributed by atoms with Gasteiger partial charge >= 0.3 is 17.9 Å². The zero-order valence-electron chi connectivity index (χ0n) is 14.6. The largest absolute Gasteiger partial charge is 0.463 e. The number of hydrogen-bond acceptors (Lipinski definition) is 6. The Hall–Kier alpha value is -2.89. The van der Waals surface area contributed by atoms with Crippen LogP contribution in [0.5, 0.6) is 0 Å². The molecule has 0 radical (unpaired) electrons. The van der Waals surface area contributed by atoms with Crippen LogP contribution in [0.25, 0.3) is 5.57 Å². The standard InChI is InChI=1S/C19H22O6/c1-4-23-17(20)12-15(14-10-8-7-9-11-14)16(19(22)25-6-3)13-18(21)24-5-2/h7-13H,4-6H2,1-3H3/b15-12+,16-13-.